The second kappa shape index (κ2) is 4.42. The fourth-order valence-corrected chi connectivity index (χ4v) is 2.59. The average Bonchev–Trinajstić information content (AvgIpc) is 2.88. The van der Waals surface area contributed by atoms with Gasteiger partial charge in [0, 0.05) is 5.39 Å². The van der Waals surface area contributed by atoms with Crippen LogP contribution in [-0.2, 0) is 0 Å². The van der Waals surface area contributed by atoms with E-state index < -0.39 is 11.4 Å². The molecule has 0 aliphatic heterocycles. The number of benzene rings is 2. The van der Waals surface area contributed by atoms with Crippen molar-refractivity contribution in [2.45, 2.75) is 6.92 Å². The Labute approximate surface area is 124 Å². The van der Waals surface area contributed by atoms with Gasteiger partial charge in [0.05, 0.1) is 11.2 Å². The summed E-state index contributed by atoms with van der Waals surface area (Å²) in [6, 6.07) is 14.7. The van der Waals surface area contributed by atoms with E-state index in [1.165, 1.54) is 4.68 Å². The first-order valence-corrected chi connectivity index (χ1v) is 6.85. The molecule has 0 unspecified atom stereocenters. The number of rotatable bonds is 1. The molecule has 4 aromatic rings. The van der Waals surface area contributed by atoms with E-state index in [2.05, 4.69) is 10.1 Å². The molecule has 0 aliphatic rings. The average molecular weight is 292 g/mol. The summed E-state index contributed by atoms with van der Waals surface area (Å²) in [5, 5.41) is 5.10. The highest BCUT2D eigenvalue weighted by atomic mass is 16.2. The van der Waals surface area contributed by atoms with Gasteiger partial charge >= 0.3 is 11.4 Å². The molecule has 0 bridgehead atoms. The van der Waals surface area contributed by atoms with E-state index in [1.54, 1.807) is 12.1 Å². The Morgan fingerprint density at radius 1 is 1.05 bits per heavy atom. The number of nitrogens with one attached hydrogen (secondary N) is 1. The molecule has 2 aromatic carbocycles. The molecule has 6 heteroatoms. The van der Waals surface area contributed by atoms with Crippen LogP contribution < -0.4 is 11.4 Å². The van der Waals surface area contributed by atoms with Gasteiger partial charge in [0.2, 0.25) is 0 Å². The molecule has 1 N–H and O–H groups in total. The number of H-pyrrole nitrogens is 1. The third kappa shape index (κ3) is 1.70. The molecule has 0 radical (unpaired) electrons. The standard InChI is InChI=1S/C16H12N4O2/c1-10-7-8-13-12(9-10)14-18-20(11-5-3-2-4-6-11)16(22)19(14)15(21)17-13/h2-9H,1H3,(H,17,21). The SMILES string of the molecule is Cc1ccc2[nH]c(=O)n3c(=O)n(-c4ccccc4)nc3c2c1. The predicted molar refractivity (Wildman–Crippen MR) is 83.7 cm³/mol. The lowest BCUT2D eigenvalue weighted by atomic mass is 10.2. The molecule has 0 saturated heterocycles. The molecular weight excluding hydrogens is 280 g/mol. The van der Waals surface area contributed by atoms with E-state index in [1.807, 2.05) is 43.3 Å². The van der Waals surface area contributed by atoms with E-state index in [0.717, 1.165) is 15.4 Å². The van der Waals surface area contributed by atoms with E-state index in [4.69, 9.17) is 0 Å². The van der Waals surface area contributed by atoms with Crippen molar-refractivity contribution in [1.82, 2.24) is 19.2 Å². The van der Waals surface area contributed by atoms with Crippen molar-refractivity contribution < 1.29 is 0 Å². The van der Waals surface area contributed by atoms with Gasteiger partial charge in [-0.2, -0.15) is 9.08 Å². The minimum Gasteiger partial charge on any atom is -0.306 e. The molecule has 108 valence electrons. The topological polar surface area (TPSA) is 72.2 Å². The minimum absolute atomic E-state index is 0.358. The molecule has 22 heavy (non-hydrogen) atoms. The zero-order chi connectivity index (χ0) is 15.3. The molecule has 4 rings (SSSR count). The number of hydrogen-bond acceptors (Lipinski definition) is 3. The van der Waals surface area contributed by atoms with Crippen molar-refractivity contribution >= 4 is 16.6 Å². The zero-order valence-corrected chi connectivity index (χ0v) is 11.8. The number of aromatic amines is 1. The van der Waals surface area contributed by atoms with Crippen LogP contribution in [0.3, 0.4) is 0 Å². The largest absolute Gasteiger partial charge is 0.359 e. The Balaban J connectivity index is 2.20. The van der Waals surface area contributed by atoms with Gasteiger partial charge in [-0.15, -0.1) is 5.10 Å². The van der Waals surface area contributed by atoms with Gasteiger partial charge < -0.3 is 4.98 Å². The van der Waals surface area contributed by atoms with Crippen molar-refractivity contribution in [2.75, 3.05) is 0 Å². The summed E-state index contributed by atoms with van der Waals surface area (Å²) < 4.78 is 2.31. The van der Waals surface area contributed by atoms with Crippen LogP contribution in [0.2, 0.25) is 0 Å². The lowest BCUT2D eigenvalue weighted by Gasteiger charge is -2.00. The van der Waals surface area contributed by atoms with Gasteiger partial charge in [-0.1, -0.05) is 29.8 Å². The fraction of sp³-hybridized carbons (Fsp3) is 0.0625. The first-order chi connectivity index (χ1) is 10.6. The van der Waals surface area contributed by atoms with Crippen LogP contribution in [0.5, 0.6) is 0 Å². The lowest BCUT2D eigenvalue weighted by Crippen LogP contribution is -2.29. The third-order valence-electron chi connectivity index (χ3n) is 3.64. The van der Waals surface area contributed by atoms with Crippen molar-refractivity contribution in [1.29, 1.82) is 0 Å². The van der Waals surface area contributed by atoms with E-state index >= 15 is 0 Å². The summed E-state index contributed by atoms with van der Waals surface area (Å²) in [7, 11) is 0. The van der Waals surface area contributed by atoms with Crippen LogP contribution in [0, 0.1) is 6.92 Å². The molecule has 0 atom stereocenters. The molecule has 2 aromatic heterocycles. The Morgan fingerprint density at radius 2 is 1.82 bits per heavy atom. The lowest BCUT2D eigenvalue weighted by molar-refractivity contribution is 0.828. The molecule has 0 fully saturated rings. The highest BCUT2D eigenvalue weighted by Crippen LogP contribution is 2.16. The van der Waals surface area contributed by atoms with Gasteiger partial charge in [-0.3, -0.25) is 0 Å². The minimum atomic E-state index is -0.487. The maximum Gasteiger partial charge on any atom is 0.359 e. The summed E-state index contributed by atoms with van der Waals surface area (Å²) in [5.74, 6) is 0. The van der Waals surface area contributed by atoms with Gasteiger partial charge in [-0.05, 0) is 31.2 Å². The summed E-state index contributed by atoms with van der Waals surface area (Å²) >= 11 is 0. The van der Waals surface area contributed by atoms with Gasteiger partial charge in [0.15, 0.2) is 5.65 Å². The number of fused-ring (bicyclic) bond motifs is 3. The molecule has 0 amide bonds. The summed E-state index contributed by atoms with van der Waals surface area (Å²) in [6.07, 6.45) is 0. The Morgan fingerprint density at radius 3 is 2.59 bits per heavy atom. The van der Waals surface area contributed by atoms with Crippen molar-refractivity contribution in [2.24, 2.45) is 0 Å². The molecule has 0 aliphatic carbocycles. The smallest absolute Gasteiger partial charge is 0.306 e. The van der Waals surface area contributed by atoms with Crippen LogP contribution in [0.15, 0.2) is 58.1 Å². The van der Waals surface area contributed by atoms with Crippen LogP contribution in [0.4, 0.5) is 0 Å². The fourth-order valence-electron chi connectivity index (χ4n) is 2.59. The molecule has 0 saturated carbocycles. The number of nitrogens with zero attached hydrogens (tertiary/aromatic N) is 3. The maximum atomic E-state index is 12.5. The van der Waals surface area contributed by atoms with Crippen LogP contribution >= 0.6 is 0 Å². The number of hydrogen-bond donors (Lipinski definition) is 1. The molecule has 6 nitrogen and oxygen atoms in total. The Kier molecular flexibility index (Phi) is 2.53. The Bertz CT molecular complexity index is 1120. The van der Waals surface area contributed by atoms with Crippen LogP contribution in [-0.4, -0.2) is 19.2 Å². The third-order valence-corrected chi connectivity index (χ3v) is 3.64. The van der Waals surface area contributed by atoms with Crippen LogP contribution in [0.25, 0.3) is 22.2 Å². The number of aromatic nitrogens is 4. The van der Waals surface area contributed by atoms with E-state index in [9.17, 15) is 9.59 Å². The first kappa shape index (κ1) is 12.6. The van der Waals surface area contributed by atoms with Gasteiger partial charge in [-0.25, -0.2) is 9.59 Å². The second-order valence-corrected chi connectivity index (χ2v) is 5.17. The quantitative estimate of drug-likeness (QED) is 0.579. The monoisotopic (exact) mass is 292 g/mol. The highest BCUT2D eigenvalue weighted by Gasteiger charge is 2.14. The Hall–Kier alpha value is -3.15. The van der Waals surface area contributed by atoms with Crippen molar-refractivity contribution in [3.05, 3.63) is 75.1 Å². The number of para-hydroxylation sites is 1. The molecular formula is C16H12N4O2. The summed E-state index contributed by atoms with van der Waals surface area (Å²) in [4.78, 5) is 27.4. The zero-order valence-electron chi connectivity index (χ0n) is 11.8. The van der Waals surface area contributed by atoms with E-state index in [0.29, 0.717) is 16.9 Å². The van der Waals surface area contributed by atoms with Crippen molar-refractivity contribution in [3.63, 3.8) is 0 Å². The van der Waals surface area contributed by atoms with Crippen LogP contribution in [0.1, 0.15) is 5.56 Å². The predicted octanol–water partition coefficient (Wildman–Crippen LogP) is 1.64. The first-order valence-electron chi connectivity index (χ1n) is 6.85. The van der Waals surface area contributed by atoms with Gasteiger partial charge in [0.1, 0.15) is 0 Å². The normalized spacial score (nSPS) is 11.3. The molecule has 2 heterocycles. The summed E-state index contributed by atoms with van der Waals surface area (Å²) in [6.45, 7) is 1.95. The molecule has 0 spiro atoms. The number of aryl methyl sites for hydroxylation is 1. The summed E-state index contributed by atoms with van der Waals surface area (Å²) in [5.41, 5.74) is 1.70. The second-order valence-electron chi connectivity index (χ2n) is 5.17. The maximum absolute atomic E-state index is 12.5. The van der Waals surface area contributed by atoms with Gasteiger partial charge in [0.25, 0.3) is 0 Å². The van der Waals surface area contributed by atoms with Crippen molar-refractivity contribution in [3.8, 4) is 5.69 Å². The van der Waals surface area contributed by atoms with E-state index in [-0.39, 0.29) is 0 Å². The highest BCUT2D eigenvalue weighted by molar-refractivity contribution is 5.91.